The van der Waals surface area contributed by atoms with Gasteiger partial charge in [-0.1, -0.05) is 18.9 Å². The van der Waals surface area contributed by atoms with Gasteiger partial charge in [-0.05, 0) is 75.3 Å². The molecule has 2 bridgehead atoms. The Morgan fingerprint density at radius 3 is 2.53 bits per heavy atom. The molecule has 1 aliphatic heterocycles. The van der Waals surface area contributed by atoms with Gasteiger partial charge in [0.1, 0.15) is 5.75 Å². The van der Waals surface area contributed by atoms with Crippen molar-refractivity contribution in [3.63, 3.8) is 0 Å². The molecule has 34 heavy (non-hydrogen) atoms. The van der Waals surface area contributed by atoms with Crippen LogP contribution < -0.4 is 10.1 Å². The fraction of sp³-hybridized carbons (Fsp3) is 0.640. The molecule has 0 aromatic heterocycles. The Hall–Kier alpha value is -2.81. The lowest BCUT2D eigenvalue weighted by atomic mass is 9.53. The van der Waals surface area contributed by atoms with Crippen LogP contribution in [-0.2, 0) is 30.9 Å². The van der Waals surface area contributed by atoms with Gasteiger partial charge in [-0.2, -0.15) is 0 Å². The largest absolute Gasteiger partial charge is 0.511 e. The summed E-state index contributed by atoms with van der Waals surface area (Å²) in [6, 6.07) is 7.01. The Balaban J connectivity index is 0.000000350. The van der Waals surface area contributed by atoms with E-state index >= 15 is 0 Å². The summed E-state index contributed by atoms with van der Waals surface area (Å²) in [5.41, 5.74) is 3.23. The Morgan fingerprint density at radius 2 is 1.85 bits per heavy atom. The maximum absolute atomic E-state index is 11.5. The monoisotopic (exact) mass is 477 g/mol. The Labute approximate surface area is 199 Å². The molecule has 9 heteroatoms. The Kier molecular flexibility index (Phi) is 8.77. The fourth-order valence-corrected chi connectivity index (χ4v) is 5.58. The van der Waals surface area contributed by atoms with Crippen molar-refractivity contribution in [1.82, 2.24) is 5.32 Å². The molecule has 1 saturated heterocycles. The fourth-order valence-electron chi connectivity index (χ4n) is 5.58. The zero-order valence-corrected chi connectivity index (χ0v) is 19.9. The first-order chi connectivity index (χ1) is 16.2. The third-order valence-electron chi connectivity index (χ3n) is 6.91. The van der Waals surface area contributed by atoms with Gasteiger partial charge in [0.15, 0.2) is 0 Å². The minimum absolute atomic E-state index is 0.120. The molecule has 9 nitrogen and oxygen atoms in total. The lowest BCUT2D eigenvalue weighted by Gasteiger charge is -2.56. The first-order valence-corrected chi connectivity index (χ1v) is 12.0. The second-order valence-electron chi connectivity index (χ2n) is 9.45. The number of ether oxygens (including phenoxy) is 3. The van der Waals surface area contributed by atoms with Crippen LogP contribution in [0.2, 0.25) is 0 Å². The molecule has 1 aromatic carbocycles. The molecule has 0 unspecified atom stereocenters. The summed E-state index contributed by atoms with van der Waals surface area (Å²) in [7, 11) is 0. The first-order valence-electron chi connectivity index (χ1n) is 12.0. The zero-order valence-electron chi connectivity index (χ0n) is 19.9. The molecule has 0 amide bonds. The van der Waals surface area contributed by atoms with Crippen molar-refractivity contribution in [3.8, 4) is 5.75 Å². The van der Waals surface area contributed by atoms with Gasteiger partial charge < -0.3 is 29.7 Å². The van der Waals surface area contributed by atoms with Gasteiger partial charge in [-0.3, -0.25) is 9.59 Å². The maximum atomic E-state index is 11.5. The molecule has 1 aromatic rings. The minimum atomic E-state index is -1.08. The number of rotatable bonds is 7. The molecule has 2 fully saturated rings. The van der Waals surface area contributed by atoms with E-state index in [-0.39, 0.29) is 25.7 Å². The number of fused-ring (bicyclic) bond motifs is 1. The van der Waals surface area contributed by atoms with Crippen LogP contribution in [0, 0.1) is 5.92 Å². The summed E-state index contributed by atoms with van der Waals surface area (Å²) in [4.78, 5) is 30.8. The highest BCUT2D eigenvalue weighted by Gasteiger charge is 2.51. The van der Waals surface area contributed by atoms with Gasteiger partial charge in [0.2, 0.25) is 6.79 Å². The number of nitrogens with one attached hydrogen (secondary N) is 1. The molecule has 3 N–H and O–H groups in total. The predicted octanol–water partition coefficient (Wildman–Crippen LogP) is 3.87. The maximum Gasteiger partial charge on any atom is 0.511 e. The van der Waals surface area contributed by atoms with Crippen molar-refractivity contribution in [2.45, 2.75) is 82.8 Å². The second kappa shape index (κ2) is 11.6. The van der Waals surface area contributed by atoms with E-state index in [1.165, 1.54) is 43.2 Å². The van der Waals surface area contributed by atoms with E-state index in [9.17, 15) is 14.4 Å². The van der Waals surface area contributed by atoms with E-state index in [2.05, 4.69) is 17.4 Å². The number of carbonyl (C=O) groups excluding carboxylic acids is 1. The van der Waals surface area contributed by atoms with Crippen molar-refractivity contribution in [2.75, 3.05) is 13.3 Å². The van der Waals surface area contributed by atoms with E-state index in [1.807, 2.05) is 6.07 Å². The van der Waals surface area contributed by atoms with Crippen LogP contribution in [-0.4, -0.2) is 53.8 Å². The first kappa shape index (κ1) is 25.8. The number of piperidine rings is 1. The second-order valence-corrected chi connectivity index (χ2v) is 9.45. The average molecular weight is 478 g/mol. The molecular formula is C25H35NO8. The van der Waals surface area contributed by atoms with Gasteiger partial charge >= 0.3 is 18.1 Å². The van der Waals surface area contributed by atoms with Crippen molar-refractivity contribution < 1.29 is 38.8 Å². The predicted molar refractivity (Wildman–Crippen MR) is 123 cm³/mol. The third-order valence-corrected chi connectivity index (χ3v) is 6.91. The molecule has 3 atom stereocenters. The SMILES string of the molecule is CC(C)OC(=O)OCOc1ccc2c(c1)[C@@]13CCCC[C@H]1[C@@H](C2)NCC3.O=C(O)CCC(=O)O. The highest BCUT2D eigenvalue weighted by atomic mass is 16.8. The third kappa shape index (κ3) is 6.40. The summed E-state index contributed by atoms with van der Waals surface area (Å²) in [5, 5.41) is 19.6. The van der Waals surface area contributed by atoms with Crippen LogP contribution in [0.25, 0.3) is 0 Å². The van der Waals surface area contributed by atoms with Crippen LogP contribution in [0.5, 0.6) is 5.75 Å². The highest BCUT2D eigenvalue weighted by Crippen LogP contribution is 2.54. The summed E-state index contributed by atoms with van der Waals surface area (Å²) < 4.78 is 15.6. The molecular weight excluding hydrogens is 442 g/mol. The van der Waals surface area contributed by atoms with E-state index in [1.54, 1.807) is 13.8 Å². The lowest BCUT2D eigenvalue weighted by Crippen LogP contribution is -2.59. The standard InChI is InChI=1S/C21H29NO4.C4H6O4/c1-14(2)26-20(23)25-13-24-16-7-6-15-11-19-17-5-3-4-8-21(17,9-10-22-19)18(15)12-16;5-3(6)1-2-4(7)8/h6-7,12,14,17,19,22H,3-5,8-11,13H2,1-2H3;1-2H2,(H,5,6)(H,7,8)/t17-,19+,21+;/m0./s1. The molecule has 0 radical (unpaired) electrons. The number of hydrogen-bond donors (Lipinski definition) is 3. The van der Waals surface area contributed by atoms with E-state index in [0.29, 0.717) is 11.5 Å². The molecule has 1 heterocycles. The number of benzene rings is 1. The van der Waals surface area contributed by atoms with Crippen molar-refractivity contribution in [1.29, 1.82) is 0 Å². The molecule has 4 rings (SSSR count). The average Bonchev–Trinajstić information content (AvgIpc) is 2.78. The number of aliphatic carboxylic acids is 2. The summed E-state index contributed by atoms with van der Waals surface area (Å²) in [5.74, 6) is -0.637. The van der Waals surface area contributed by atoms with Crippen molar-refractivity contribution in [2.24, 2.45) is 5.92 Å². The quantitative estimate of drug-likeness (QED) is 0.395. The number of carboxylic acid groups (broad SMARTS) is 2. The molecule has 1 saturated carbocycles. The zero-order chi connectivity index (χ0) is 24.7. The van der Waals surface area contributed by atoms with Gasteiger partial charge in [-0.25, -0.2) is 4.79 Å². The van der Waals surface area contributed by atoms with Gasteiger partial charge in [0.25, 0.3) is 0 Å². The number of carbonyl (C=O) groups is 3. The Bertz CT molecular complexity index is 868. The van der Waals surface area contributed by atoms with Gasteiger partial charge in [0, 0.05) is 11.5 Å². The lowest BCUT2D eigenvalue weighted by molar-refractivity contribution is -0.143. The van der Waals surface area contributed by atoms with E-state index < -0.39 is 18.1 Å². The normalized spacial score (nSPS) is 24.6. The highest BCUT2D eigenvalue weighted by molar-refractivity contribution is 5.75. The summed E-state index contributed by atoms with van der Waals surface area (Å²) >= 11 is 0. The molecule has 2 aliphatic carbocycles. The number of hydrogen-bond acceptors (Lipinski definition) is 7. The van der Waals surface area contributed by atoms with Gasteiger partial charge in [-0.15, -0.1) is 0 Å². The Morgan fingerprint density at radius 1 is 1.12 bits per heavy atom. The van der Waals surface area contributed by atoms with Gasteiger partial charge in [0.05, 0.1) is 18.9 Å². The van der Waals surface area contributed by atoms with E-state index in [4.69, 9.17) is 24.4 Å². The summed E-state index contributed by atoms with van der Waals surface area (Å²) in [6.45, 7) is 4.57. The minimum Gasteiger partial charge on any atom is -0.481 e. The van der Waals surface area contributed by atoms with Crippen molar-refractivity contribution >= 4 is 18.1 Å². The van der Waals surface area contributed by atoms with Crippen LogP contribution in [0.4, 0.5) is 4.79 Å². The topological polar surface area (TPSA) is 131 Å². The van der Waals surface area contributed by atoms with Crippen molar-refractivity contribution in [3.05, 3.63) is 29.3 Å². The van der Waals surface area contributed by atoms with Crippen LogP contribution >= 0.6 is 0 Å². The number of carboxylic acids is 2. The van der Waals surface area contributed by atoms with Crippen LogP contribution in [0.1, 0.15) is 69.9 Å². The van der Waals surface area contributed by atoms with E-state index in [0.717, 1.165) is 24.6 Å². The van der Waals surface area contributed by atoms with Crippen LogP contribution in [0.3, 0.4) is 0 Å². The summed E-state index contributed by atoms with van der Waals surface area (Å²) in [6.07, 6.45) is 6.12. The van der Waals surface area contributed by atoms with Crippen LogP contribution in [0.15, 0.2) is 18.2 Å². The smallest absolute Gasteiger partial charge is 0.481 e. The molecule has 3 aliphatic rings. The molecule has 188 valence electrons. The molecule has 0 spiro atoms.